The smallest absolute Gasteiger partial charge is 0.545 e. The zero-order valence-corrected chi connectivity index (χ0v) is 13.2. The van der Waals surface area contributed by atoms with Crippen LogP contribution in [0.2, 0.25) is 0 Å². The number of aromatic nitrogens is 1. The number of hydrogen-bond donors (Lipinski definition) is 0. The van der Waals surface area contributed by atoms with Gasteiger partial charge in [-0.25, -0.2) is 9.37 Å². The van der Waals surface area contributed by atoms with Gasteiger partial charge in [-0.2, -0.15) is 0 Å². The summed E-state index contributed by atoms with van der Waals surface area (Å²) in [5, 5.41) is 11.5. The van der Waals surface area contributed by atoms with E-state index in [2.05, 4.69) is 4.98 Å². The van der Waals surface area contributed by atoms with Crippen LogP contribution >= 0.6 is 11.3 Å². The number of nitrogens with zero attached hydrogens (tertiary/aromatic N) is 1. The molecule has 1 heterocycles. The predicted molar refractivity (Wildman–Crippen MR) is 74.8 cm³/mol. The standard InChI is InChI=1S/C15H14FNO3S.Li/c1-8-6-17-14(21-8)11-4-10(20-7-9-2-3-9)5-12(13(11)16)15(18)19;/h4-6,9H,2-3,7H2,1H3,(H,18,19);/q;+1/p-1. The Morgan fingerprint density at radius 1 is 1.50 bits per heavy atom. The van der Waals surface area contributed by atoms with Crippen molar-refractivity contribution in [3.05, 3.63) is 34.6 Å². The zero-order valence-electron chi connectivity index (χ0n) is 12.4. The van der Waals surface area contributed by atoms with E-state index in [4.69, 9.17) is 4.74 Å². The second-order valence-corrected chi connectivity index (χ2v) is 6.39. The van der Waals surface area contributed by atoms with Crippen LogP contribution in [-0.4, -0.2) is 17.6 Å². The van der Waals surface area contributed by atoms with Crippen LogP contribution in [0, 0.1) is 18.7 Å². The SMILES string of the molecule is Cc1cnc(-c2cc(OCC3CC3)cc(C(=O)[O-])c2F)s1.[Li+]. The number of hydrogen-bond acceptors (Lipinski definition) is 5. The minimum atomic E-state index is -1.56. The average Bonchev–Trinajstić information content (AvgIpc) is 3.18. The molecule has 0 atom stereocenters. The number of carboxylic acids is 1. The molecule has 1 aromatic heterocycles. The molecular formula is C15H13FLiNO3S. The number of benzene rings is 1. The largest absolute Gasteiger partial charge is 1.00 e. The second-order valence-electron chi connectivity index (χ2n) is 5.15. The van der Waals surface area contributed by atoms with Gasteiger partial charge in [-0.3, -0.25) is 0 Å². The third-order valence-electron chi connectivity index (χ3n) is 3.30. The van der Waals surface area contributed by atoms with Gasteiger partial charge in [-0.15, -0.1) is 11.3 Å². The van der Waals surface area contributed by atoms with Crippen molar-refractivity contribution in [3.63, 3.8) is 0 Å². The van der Waals surface area contributed by atoms with E-state index in [9.17, 15) is 14.3 Å². The molecule has 0 unspecified atom stereocenters. The molecule has 0 saturated heterocycles. The maximum absolute atomic E-state index is 14.3. The molecule has 2 aromatic rings. The summed E-state index contributed by atoms with van der Waals surface area (Å²) in [6, 6.07) is 2.68. The maximum Gasteiger partial charge on any atom is 1.00 e. The Bertz CT molecular complexity index is 700. The molecule has 0 spiro atoms. The van der Waals surface area contributed by atoms with Crippen molar-refractivity contribution in [2.45, 2.75) is 19.8 Å². The molecule has 1 fully saturated rings. The summed E-state index contributed by atoms with van der Waals surface area (Å²) in [6.45, 7) is 2.38. The van der Waals surface area contributed by atoms with Crippen LogP contribution in [0.15, 0.2) is 18.3 Å². The van der Waals surface area contributed by atoms with E-state index < -0.39 is 17.3 Å². The summed E-state index contributed by atoms with van der Waals surface area (Å²) in [4.78, 5) is 16.1. The van der Waals surface area contributed by atoms with E-state index >= 15 is 0 Å². The number of halogens is 1. The average molecular weight is 313 g/mol. The summed E-state index contributed by atoms with van der Waals surface area (Å²) in [5.74, 6) is -1.53. The predicted octanol–water partition coefficient (Wildman–Crippen LogP) is -0.586. The van der Waals surface area contributed by atoms with Gasteiger partial charge < -0.3 is 14.6 Å². The summed E-state index contributed by atoms with van der Waals surface area (Å²) in [7, 11) is 0. The van der Waals surface area contributed by atoms with Gasteiger partial charge in [0, 0.05) is 16.6 Å². The summed E-state index contributed by atoms with van der Waals surface area (Å²) < 4.78 is 19.9. The number of carboxylic acid groups (broad SMARTS) is 1. The van der Waals surface area contributed by atoms with Crippen LogP contribution in [0.5, 0.6) is 5.75 Å². The van der Waals surface area contributed by atoms with Gasteiger partial charge in [0.1, 0.15) is 16.6 Å². The van der Waals surface area contributed by atoms with Crippen LogP contribution < -0.4 is 28.7 Å². The van der Waals surface area contributed by atoms with E-state index in [1.54, 1.807) is 6.20 Å². The molecule has 0 aliphatic heterocycles. The Hall–Kier alpha value is -1.35. The van der Waals surface area contributed by atoms with Crippen molar-refractivity contribution in [2.24, 2.45) is 5.92 Å². The molecule has 1 saturated carbocycles. The van der Waals surface area contributed by atoms with Crippen molar-refractivity contribution < 1.29 is 37.9 Å². The summed E-state index contributed by atoms with van der Waals surface area (Å²) in [5.41, 5.74) is -0.355. The first-order chi connectivity index (χ1) is 10.0. The van der Waals surface area contributed by atoms with E-state index in [0.717, 1.165) is 17.7 Å². The van der Waals surface area contributed by atoms with Gasteiger partial charge >= 0.3 is 18.9 Å². The number of carbonyl (C=O) groups is 1. The van der Waals surface area contributed by atoms with E-state index in [0.29, 0.717) is 23.3 Å². The van der Waals surface area contributed by atoms with Gasteiger partial charge in [-0.05, 0) is 37.8 Å². The van der Waals surface area contributed by atoms with Crippen LogP contribution in [0.1, 0.15) is 28.1 Å². The Kier molecular flexibility index (Phi) is 5.27. The molecule has 1 aromatic carbocycles. The maximum atomic E-state index is 14.3. The molecule has 22 heavy (non-hydrogen) atoms. The topological polar surface area (TPSA) is 62.2 Å². The minimum Gasteiger partial charge on any atom is -0.545 e. The molecule has 0 N–H and O–H groups in total. The fourth-order valence-corrected chi connectivity index (χ4v) is 2.74. The molecule has 0 radical (unpaired) electrons. The number of aromatic carboxylic acids is 1. The normalized spacial score (nSPS) is 13.5. The Morgan fingerprint density at radius 3 is 2.77 bits per heavy atom. The molecular weight excluding hydrogens is 300 g/mol. The van der Waals surface area contributed by atoms with Crippen LogP contribution in [0.3, 0.4) is 0 Å². The molecule has 3 rings (SSSR count). The second kappa shape index (κ2) is 6.82. The van der Waals surface area contributed by atoms with Crippen LogP contribution in [-0.2, 0) is 0 Å². The number of carbonyl (C=O) groups excluding carboxylic acids is 1. The molecule has 110 valence electrons. The minimum absolute atomic E-state index is 0. The molecule has 1 aliphatic carbocycles. The molecule has 7 heteroatoms. The third kappa shape index (κ3) is 3.69. The van der Waals surface area contributed by atoms with Gasteiger partial charge in [0.25, 0.3) is 0 Å². The number of ether oxygens (including phenoxy) is 1. The third-order valence-corrected chi connectivity index (χ3v) is 4.25. The summed E-state index contributed by atoms with van der Waals surface area (Å²) in [6.07, 6.45) is 3.86. The number of rotatable bonds is 5. The van der Waals surface area contributed by atoms with Crippen LogP contribution in [0.25, 0.3) is 10.6 Å². The molecule has 1 aliphatic rings. The Balaban J connectivity index is 0.00000176. The first-order valence-corrected chi connectivity index (χ1v) is 7.46. The van der Waals surface area contributed by atoms with E-state index in [-0.39, 0.29) is 24.4 Å². The van der Waals surface area contributed by atoms with Crippen molar-refractivity contribution in [1.29, 1.82) is 0 Å². The van der Waals surface area contributed by atoms with Gasteiger partial charge in [0.05, 0.1) is 18.1 Å². The van der Waals surface area contributed by atoms with Crippen molar-refractivity contribution in [1.82, 2.24) is 4.98 Å². The van der Waals surface area contributed by atoms with Gasteiger partial charge in [0.2, 0.25) is 0 Å². The van der Waals surface area contributed by atoms with E-state index in [1.807, 2.05) is 6.92 Å². The first kappa shape index (κ1) is 17.0. The molecule has 4 nitrogen and oxygen atoms in total. The van der Waals surface area contributed by atoms with Crippen molar-refractivity contribution in [2.75, 3.05) is 6.61 Å². The zero-order chi connectivity index (χ0) is 15.0. The van der Waals surface area contributed by atoms with Crippen LogP contribution in [0.4, 0.5) is 4.39 Å². The number of aryl methyl sites for hydroxylation is 1. The number of thiazole rings is 1. The fourth-order valence-electron chi connectivity index (χ4n) is 1.96. The first-order valence-electron chi connectivity index (χ1n) is 6.65. The Morgan fingerprint density at radius 2 is 2.23 bits per heavy atom. The summed E-state index contributed by atoms with van der Waals surface area (Å²) >= 11 is 1.30. The quantitative estimate of drug-likeness (QED) is 0.693. The van der Waals surface area contributed by atoms with E-state index in [1.165, 1.54) is 23.5 Å². The molecule has 0 bridgehead atoms. The van der Waals surface area contributed by atoms with Crippen molar-refractivity contribution >= 4 is 17.3 Å². The van der Waals surface area contributed by atoms with Gasteiger partial charge in [0.15, 0.2) is 0 Å². The van der Waals surface area contributed by atoms with Crippen molar-refractivity contribution in [3.8, 4) is 16.3 Å². The molecule has 0 amide bonds. The fraction of sp³-hybridized carbons (Fsp3) is 0.333. The van der Waals surface area contributed by atoms with Gasteiger partial charge in [-0.1, -0.05) is 0 Å². The monoisotopic (exact) mass is 313 g/mol. The Labute approximate surface area is 143 Å².